The maximum Gasteiger partial charge on any atom is 0.322 e. The molecule has 116 valence electrons. The van der Waals surface area contributed by atoms with Crippen LogP contribution >= 0.6 is 0 Å². The van der Waals surface area contributed by atoms with Crippen molar-refractivity contribution in [3.05, 3.63) is 83.9 Å². The van der Waals surface area contributed by atoms with Gasteiger partial charge in [-0.1, -0.05) is 78.9 Å². The summed E-state index contributed by atoms with van der Waals surface area (Å²) >= 11 is 0. The fourth-order valence-corrected chi connectivity index (χ4v) is 2.19. The summed E-state index contributed by atoms with van der Waals surface area (Å²) in [6.45, 7) is 0. The Morgan fingerprint density at radius 1 is 0.826 bits per heavy atom. The fraction of sp³-hybridized carbons (Fsp3) is 0.0526. The molecule has 0 saturated heterocycles. The molecule has 2 N–H and O–H groups in total. The lowest BCUT2D eigenvalue weighted by Gasteiger charge is -2.12. The Bertz CT molecular complexity index is 716. The van der Waals surface area contributed by atoms with E-state index in [1.807, 2.05) is 30.3 Å². The summed E-state index contributed by atoms with van der Waals surface area (Å²) in [5.41, 5.74) is 1.75. The largest absolute Gasteiger partial charge is 0.480 e. The molecule has 2 aromatic rings. The number of benzene rings is 2. The van der Waals surface area contributed by atoms with Crippen molar-refractivity contribution in [2.24, 2.45) is 5.92 Å². The molecule has 0 amide bonds. The molecule has 0 aliphatic rings. The van der Waals surface area contributed by atoms with Crippen LogP contribution in [0, 0.1) is 5.92 Å². The predicted octanol–water partition coefficient (Wildman–Crippen LogP) is 3.57. The van der Waals surface area contributed by atoms with Crippen LogP contribution in [0.3, 0.4) is 0 Å². The topological polar surface area (TPSA) is 74.6 Å². The van der Waals surface area contributed by atoms with Gasteiger partial charge in [0.2, 0.25) is 0 Å². The van der Waals surface area contributed by atoms with E-state index >= 15 is 0 Å². The summed E-state index contributed by atoms with van der Waals surface area (Å²) in [5, 5.41) is 18.5. The van der Waals surface area contributed by atoms with Crippen molar-refractivity contribution >= 4 is 23.6 Å². The van der Waals surface area contributed by atoms with Gasteiger partial charge in [-0.25, -0.2) is 0 Å². The maximum atomic E-state index is 11.3. The van der Waals surface area contributed by atoms with Crippen LogP contribution in [0.4, 0.5) is 0 Å². The molecular formula is C19H16O4. The molecule has 0 saturated carbocycles. The molecule has 0 radical (unpaired) electrons. The third kappa shape index (κ3) is 4.41. The highest BCUT2D eigenvalue weighted by Gasteiger charge is 2.30. The third-order valence-corrected chi connectivity index (χ3v) is 3.28. The molecule has 0 aliphatic carbocycles. The van der Waals surface area contributed by atoms with Crippen LogP contribution in [0.5, 0.6) is 0 Å². The van der Waals surface area contributed by atoms with E-state index in [0.717, 1.165) is 5.56 Å². The Hall–Kier alpha value is -3.14. The van der Waals surface area contributed by atoms with E-state index in [2.05, 4.69) is 0 Å². The quantitative estimate of drug-likeness (QED) is 0.632. The summed E-state index contributed by atoms with van der Waals surface area (Å²) in [6.07, 6.45) is 5.00. The molecule has 2 aromatic carbocycles. The van der Waals surface area contributed by atoms with Gasteiger partial charge in [0.25, 0.3) is 0 Å². The first-order chi connectivity index (χ1) is 11.1. The predicted molar refractivity (Wildman–Crippen MR) is 88.7 cm³/mol. The first-order valence-corrected chi connectivity index (χ1v) is 7.04. The zero-order chi connectivity index (χ0) is 16.7. The normalized spacial score (nSPS) is 11.8. The minimum absolute atomic E-state index is 0.234. The Kier molecular flexibility index (Phi) is 5.47. The summed E-state index contributed by atoms with van der Waals surface area (Å²) in [7, 11) is 0. The van der Waals surface area contributed by atoms with Crippen molar-refractivity contribution in [2.75, 3.05) is 0 Å². The SMILES string of the molecule is O=C(O)C(C(=O)O)C(=CC=Cc1ccccc1)c1ccccc1. The van der Waals surface area contributed by atoms with Gasteiger partial charge in [0.05, 0.1) is 0 Å². The number of allylic oxidation sites excluding steroid dienone is 2. The Morgan fingerprint density at radius 2 is 1.35 bits per heavy atom. The van der Waals surface area contributed by atoms with Gasteiger partial charge in [-0.05, 0) is 16.7 Å². The number of hydrogen-bond acceptors (Lipinski definition) is 2. The second-order valence-electron chi connectivity index (χ2n) is 4.87. The van der Waals surface area contributed by atoms with Gasteiger partial charge in [-0.15, -0.1) is 0 Å². The van der Waals surface area contributed by atoms with E-state index in [9.17, 15) is 19.8 Å². The maximum absolute atomic E-state index is 11.3. The van der Waals surface area contributed by atoms with Crippen LogP contribution in [0.15, 0.2) is 72.8 Å². The average molecular weight is 308 g/mol. The Morgan fingerprint density at radius 3 is 1.87 bits per heavy atom. The standard InChI is InChI=1S/C19H16O4/c20-18(21)17(19(22)23)16(15-11-5-2-6-12-15)13-7-10-14-8-3-1-4-9-14/h1-13,17H,(H,20,21)(H,22,23). The number of rotatable bonds is 6. The van der Waals surface area contributed by atoms with E-state index in [1.54, 1.807) is 42.5 Å². The summed E-state index contributed by atoms with van der Waals surface area (Å²) in [5.74, 6) is -4.39. The second kappa shape index (κ2) is 7.75. The molecule has 0 heterocycles. The summed E-state index contributed by atoms with van der Waals surface area (Å²) in [4.78, 5) is 22.7. The van der Waals surface area contributed by atoms with Gasteiger partial charge >= 0.3 is 11.9 Å². The van der Waals surface area contributed by atoms with Crippen molar-refractivity contribution in [3.8, 4) is 0 Å². The van der Waals surface area contributed by atoms with E-state index < -0.39 is 17.9 Å². The molecule has 0 aromatic heterocycles. The van der Waals surface area contributed by atoms with E-state index in [4.69, 9.17) is 0 Å². The van der Waals surface area contributed by atoms with E-state index in [-0.39, 0.29) is 5.57 Å². The highest BCUT2D eigenvalue weighted by atomic mass is 16.4. The number of hydrogen-bond donors (Lipinski definition) is 2. The van der Waals surface area contributed by atoms with Gasteiger partial charge in [-0.2, -0.15) is 0 Å². The zero-order valence-electron chi connectivity index (χ0n) is 12.3. The molecule has 0 unspecified atom stereocenters. The molecular weight excluding hydrogens is 292 g/mol. The summed E-state index contributed by atoms with van der Waals surface area (Å²) in [6, 6.07) is 18.1. The first-order valence-electron chi connectivity index (χ1n) is 7.04. The average Bonchev–Trinajstić information content (AvgIpc) is 2.55. The fourth-order valence-electron chi connectivity index (χ4n) is 2.19. The number of carboxylic acids is 2. The highest BCUT2D eigenvalue weighted by molar-refractivity contribution is 6.05. The van der Waals surface area contributed by atoms with Gasteiger partial charge in [0.15, 0.2) is 5.92 Å². The molecule has 0 atom stereocenters. The molecule has 4 nitrogen and oxygen atoms in total. The van der Waals surface area contributed by atoms with Crippen LogP contribution in [0.25, 0.3) is 11.6 Å². The van der Waals surface area contributed by atoms with Crippen LogP contribution in [0.1, 0.15) is 11.1 Å². The van der Waals surface area contributed by atoms with Crippen molar-refractivity contribution in [1.29, 1.82) is 0 Å². The number of carbonyl (C=O) groups is 2. The van der Waals surface area contributed by atoms with Crippen molar-refractivity contribution in [2.45, 2.75) is 0 Å². The van der Waals surface area contributed by atoms with E-state index in [0.29, 0.717) is 5.56 Å². The van der Waals surface area contributed by atoms with Gasteiger partial charge in [0.1, 0.15) is 0 Å². The monoisotopic (exact) mass is 308 g/mol. The van der Waals surface area contributed by atoms with E-state index in [1.165, 1.54) is 6.08 Å². The van der Waals surface area contributed by atoms with Crippen molar-refractivity contribution in [3.63, 3.8) is 0 Å². The Labute approximate surface area is 134 Å². The van der Waals surface area contributed by atoms with Gasteiger partial charge < -0.3 is 10.2 Å². The van der Waals surface area contributed by atoms with Crippen molar-refractivity contribution < 1.29 is 19.8 Å². The number of carboxylic acid groups (broad SMARTS) is 2. The second-order valence-corrected chi connectivity index (χ2v) is 4.87. The van der Waals surface area contributed by atoms with Crippen LogP contribution < -0.4 is 0 Å². The first kappa shape index (κ1) is 16.2. The minimum atomic E-state index is -1.61. The molecule has 0 aliphatic heterocycles. The molecule has 23 heavy (non-hydrogen) atoms. The minimum Gasteiger partial charge on any atom is -0.480 e. The lowest BCUT2D eigenvalue weighted by atomic mass is 9.92. The highest BCUT2D eigenvalue weighted by Crippen LogP contribution is 2.24. The molecule has 0 bridgehead atoms. The van der Waals surface area contributed by atoms with Crippen LogP contribution in [-0.2, 0) is 9.59 Å². The van der Waals surface area contributed by atoms with Gasteiger partial charge in [-0.3, -0.25) is 9.59 Å². The van der Waals surface area contributed by atoms with Crippen LogP contribution in [0.2, 0.25) is 0 Å². The Balaban J connectivity index is 2.41. The zero-order valence-corrected chi connectivity index (χ0v) is 12.3. The molecule has 4 heteroatoms. The molecule has 2 rings (SSSR count). The van der Waals surface area contributed by atoms with Crippen molar-refractivity contribution in [1.82, 2.24) is 0 Å². The summed E-state index contributed by atoms with van der Waals surface area (Å²) < 4.78 is 0. The van der Waals surface area contributed by atoms with Gasteiger partial charge in [0, 0.05) is 0 Å². The third-order valence-electron chi connectivity index (χ3n) is 3.28. The van der Waals surface area contributed by atoms with Crippen LogP contribution in [-0.4, -0.2) is 22.2 Å². The number of aliphatic carboxylic acids is 2. The lowest BCUT2D eigenvalue weighted by molar-refractivity contribution is -0.151. The lowest BCUT2D eigenvalue weighted by Crippen LogP contribution is -2.24. The molecule has 0 spiro atoms. The molecule has 0 fully saturated rings. The smallest absolute Gasteiger partial charge is 0.322 e.